The van der Waals surface area contributed by atoms with Crippen LogP contribution in [0.2, 0.25) is 0 Å². The number of fused-ring (bicyclic) bond motifs is 1. The second-order valence-corrected chi connectivity index (χ2v) is 5.38. The van der Waals surface area contributed by atoms with Gasteiger partial charge in [-0.15, -0.1) is 0 Å². The van der Waals surface area contributed by atoms with Gasteiger partial charge in [0.1, 0.15) is 0 Å². The predicted octanol–water partition coefficient (Wildman–Crippen LogP) is 0.645. The number of hydrogen-bond acceptors (Lipinski definition) is 4. The SMILES string of the molecule is NCc1ncccc1N1CCC2NC(=O)CCC2C1. The summed E-state index contributed by atoms with van der Waals surface area (Å²) < 4.78 is 0. The Morgan fingerprint density at radius 1 is 1.47 bits per heavy atom. The molecule has 5 heteroatoms. The van der Waals surface area contributed by atoms with Crippen LogP contribution in [0.3, 0.4) is 0 Å². The molecule has 2 saturated heterocycles. The number of pyridine rings is 1. The van der Waals surface area contributed by atoms with Gasteiger partial charge in [0.05, 0.1) is 11.4 Å². The highest BCUT2D eigenvalue weighted by Gasteiger charge is 2.34. The maximum atomic E-state index is 11.4. The molecule has 0 saturated carbocycles. The van der Waals surface area contributed by atoms with E-state index in [1.54, 1.807) is 6.20 Å². The van der Waals surface area contributed by atoms with Crippen LogP contribution in [0.1, 0.15) is 25.0 Å². The molecule has 2 atom stereocenters. The monoisotopic (exact) mass is 260 g/mol. The van der Waals surface area contributed by atoms with Gasteiger partial charge in [0, 0.05) is 38.3 Å². The Morgan fingerprint density at radius 2 is 2.37 bits per heavy atom. The van der Waals surface area contributed by atoms with Gasteiger partial charge in [-0.05, 0) is 30.9 Å². The zero-order valence-electron chi connectivity index (χ0n) is 11.0. The minimum absolute atomic E-state index is 0.207. The zero-order valence-corrected chi connectivity index (χ0v) is 11.0. The van der Waals surface area contributed by atoms with E-state index in [4.69, 9.17) is 5.73 Å². The zero-order chi connectivity index (χ0) is 13.2. The minimum Gasteiger partial charge on any atom is -0.370 e. The number of aromatic nitrogens is 1. The molecular formula is C14H20N4O. The van der Waals surface area contributed by atoms with Gasteiger partial charge in [-0.3, -0.25) is 9.78 Å². The largest absolute Gasteiger partial charge is 0.370 e. The summed E-state index contributed by atoms with van der Waals surface area (Å²) in [7, 11) is 0. The Labute approximate surface area is 113 Å². The molecule has 0 aliphatic carbocycles. The molecule has 2 aliphatic rings. The summed E-state index contributed by atoms with van der Waals surface area (Å²) in [6, 6.07) is 4.41. The smallest absolute Gasteiger partial charge is 0.220 e. The van der Waals surface area contributed by atoms with Gasteiger partial charge in [-0.1, -0.05) is 0 Å². The summed E-state index contributed by atoms with van der Waals surface area (Å²) in [5.41, 5.74) is 7.87. The van der Waals surface area contributed by atoms with Crippen LogP contribution < -0.4 is 16.0 Å². The normalized spacial score (nSPS) is 26.8. The molecule has 0 aromatic carbocycles. The summed E-state index contributed by atoms with van der Waals surface area (Å²) in [4.78, 5) is 18.1. The first-order chi connectivity index (χ1) is 9.28. The van der Waals surface area contributed by atoms with Gasteiger partial charge in [-0.2, -0.15) is 0 Å². The summed E-state index contributed by atoms with van der Waals surface area (Å²) in [5, 5.41) is 3.11. The molecule has 2 unspecified atom stereocenters. The molecule has 1 amide bonds. The maximum Gasteiger partial charge on any atom is 0.220 e. The number of piperidine rings is 2. The van der Waals surface area contributed by atoms with E-state index in [9.17, 15) is 4.79 Å². The van der Waals surface area contributed by atoms with E-state index in [0.717, 1.165) is 37.3 Å². The maximum absolute atomic E-state index is 11.4. The van der Waals surface area contributed by atoms with Crippen molar-refractivity contribution in [1.82, 2.24) is 10.3 Å². The second kappa shape index (κ2) is 5.17. The first-order valence-corrected chi connectivity index (χ1v) is 6.96. The van der Waals surface area contributed by atoms with E-state index in [1.165, 1.54) is 0 Å². The Morgan fingerprint density at radius 3 is 3.21 bits per heavy atom. The summed E-state index contributed by atoms with van der Waals surface area (Å²) in [6.45, 7) is 2.42. The van der Waals surface area contributed by atoms with E-state index in [0.29, 0.717) is 24.9 Å². The van der Waals surface area contributed by atoms with Crippen LogP contribution in [0.25, 0.3) is 0 Å². The van der Waals surface area contributed by atoms with E-state index < -0.39 is 0 Å². The fraction of sp³-hybridized carbons (Fsp3) is 0.571. The quantitative estimate of drug-likeness (QED) is 0.819. The molecule has 3 rings (SSSR count). The lowest BCUT2D eigenvalue weighted by Gasteiger charge is -2.42. The lowest BCUT2D eigenvalue weighted by Crippen LogP contribution is -2.54. The predicted molar refractivity (Wildman–Crippen MR) is 73.6 cm³/mol. The summed E-state index contributed by atoms with van der Waals surface area (Å²) in [5.74, 6) is 0.760. The molecule has 3 heterocycles. The van der Waals surface area contributed by atoms with Crippen LogP contribution in [0.4, 0.5) is 5.69 Å². The molecule has 1 aromatic rings. The highest BCUT2D eigenvalue weighted by atomic mass is 16.1. The number of nitrogens with one attached hydrogen (secondary N) is 1. The molecule has 0 spiro atoms. The van der Waals surface area contributed by atoms with E-state index in [-0.39, 0.29) is 5.91 Å². The highest BCUT2D eigenvalue weighted by Crippen LogP contribution is 2.29. The molecule has 5 nitrogen and oxygen atoms in total. The number of nitrogens with two attached hydrogens (primary N) is 1. The summed E-state index contributed by atoms with van der Waals surface area (Å²) in [6.07, 6.45) is 4.45. The van der Waals surface area contributed by atoms with Gasteiger partial charge < -0.3 is 16.0 Å². The average molecular weight is 260 g/mol. The Balaban J connectivity index is 1.76. The van der Waals surface area contributed by atoms with Crippen molar-refractivity contribution in [1.29, 1.82) is 0 Å². The van der Waals surface area contributed by atoms with Crippen molar-refractivity contribution in [3.05, 3.63) is 24.0 Å². The third-order valence-corrected chi connectivity index (χ3v) is 4.22. The van der Waals surface area contributed by atoms with Crippen molar-refractivity contribution in [2.24, 2.45) is 11.7 Å². The second-order valence-electron chi connectivity index (χ2n) is 5.38. The van der Waals surface area contributed by atoms with E-state index in [2.05, 4.69) is 21.3 Å². The topological polar surface area (TPSA) is 71.2 Å². The van der Waals surface area contributed by atoms with Crippen LogP contribution in [-0.4, -0.2) is 30.0 Å². The molecule has 1 aromatic heterocycles. The molecule has 0 radical (unpaired) electrons. The Bertz CT molecular complexity index is 476. The van der Waals surface area contributed by atoms with Crippen LogP contribution in [0.5, 0.6) is 0 Å². The van der Waals surface area contributed by atoms with Crippen molar-refractivity contribution < 1.29 is 4.79 Å². The fourth-order valence-corrected chi connectivity index (χ4v) is 3.20. The minimum atomic E-state index is 0.207. The molecule has 102 valence electrons. The van der Waals surface area contributed by atoms with Crippen LogP contribution >= 0.6 is 0 Å². The van der Waals surface area contributed by atoms with Crippen LogP contribution in [-0.2, 0) is 11.3 Å². The highest BCUT2D eigenvalue weighted by molar-refractivity contribution is 5.77. The van der Waals surface area contributed by atoms with Gasteiger partial charge >= 0.3 is 0 Å². The van der Waals surface area contributed by atoms with Crippen molar-refractivity contribution in [2.75, 3.05) is 18.0 Å². The lowest BCUT2D eigenvalue weighted by atomic mass is 9.85. The number of anilines is 1. The third-order valence-electron chi connectivity index (χ3n) is 4.22. The van der Waals surface area contributed by atoms with Crippen molar-refractivity contribution in [3.8, 4) is 0 Å². The Kier molecular flexibility index (Phi) is 3.38. The number of carbonyl (C=O) groups is 1. The molecular weight excluding hydrogens is 240 g/mol. The standard InChI is InChI=1S/C14H20N4O/c15-8-12-13(2-1-6-16-12)18-7-5-11-10(9-18)3-4-14(19)17-11/h1-2,6,10-11H,3-5,7-9,15H2,(H,17,19). The number of carbonyl (C=O) groups excluding carboxylic acids is 1. The van der Waals surface area contributed by atoms with Gasteiger partial charge in [0.2, 0.25) is 5.91 Å². The van der Waals surface area contributed by atoms with Crippen molar-refractivity contribution >= 4 is 11.6 Å². The first-order valence-electron chi connectivity index (χ1n) is 6.96. The van der Waals surface area contributed by atoms with Crippen molar-refractivity contribution in [3.63, 3.8) is 0 Å². The van der Waals surface area contributed by atoms with Gasteiger partial charge in [-0.25, -0.2) is 0 Å². The van der Waals surface area contributed by atoms with Gasteiger partial charge in [0.15, 0.2) is 0 Å². The van der Waals surface area contributed by atoms with Crippen molar-refractivity contribution in [2.45, 2.75) is 31.8 Å². The molecule has 0 bridgehead atoms. The third kappa shape index (κ3) is 2.42. The van der Waals surface area contributed by atoms with Crippen LogP contribution in [0.15, 0.2) is 18.3 Å². The lowest BCUT2D eigenvalue weighted by molar-refractivity contribution is -0.124. The summed E-state index contributed by atoms with van der Waals surface area (Å²) >= 11 is 0. The first kappa shape index (κ1) is 12.4. The van der Waals surface area contributed by atoms with Crippen LogP contribution in [0, 0.1) is 5.92 Å². The molecule has 3 N–H and O–H groups in total. The van der Waals surface area contributed by atoms with Gasteiger partial charge in [0.25, 0.3) is 0 Å². The Hall–Kier alpha value is -1.62. The average Bonchev–Trinajstić information content (AvgIpc) is 2.46. The number of amides is 1. The molecule has 2 fully saturated rings. The van der Waals surface area contributed by atoms with E-state index in [1.807, 2.05) is 6.07 Å². The fourth-order valence-electron chi connectivity index (χ4n) is 3.20. The van der Waals surface area contributed by atoms with E-state index >= 15 is 0 Å². The number of rotatable bonds is 2. The number of nitrogens with zero attached hydrogens (tertiary/aromatic N) is 2. The molecule has 2 aliphatic heterocycles. The number of hydrogen-bond donors (Lipinski definition) is 2. The molecule has 19 heavy (non-hydrogen) atoms.